The van der Waals surface area contributed by atoms with Crippen molar-refractivity contribution >= 4 is 11.6 Å². The number of nitrogens with zero attached hydrogens (tertiary/aromatic N) is 2. The molecule has 0 spiro atoms. The van der Waals surface area contributed by atoms with E-state index in [1.807, 2.05) is 19.1 Å². The number of aryl methyl sites for hydroxylation is 1. The third-order valence-electron chi connectivity index (χ3n) is 3.07. The van der Waals surface area contributed by atoms with Gasteiger partial charge in [0.1, 0.15) is 5.82 Å². The zero-order valence-electron chi connectivity index (χ0n) is 11.0. The van der Waals surface area contributed by atoms with E-state index in [4.69, 9.17) is 16.0 Å². The molecular weight excluding hydrogens is 295 g/mol. The maximum absolute atomic E-state index is 13.9. The molecule has 0 aliphatic heterocycles. The predicted molar refractivity (Wildman–Crippen MR) is 77.2 cm³/mol. The van der Waals surface area contributed by atoms with Gasteiger partial charge in [-0.15, -0.1) is 5.10 Å². The molecule has 0 N–H and O–H groups in total. The molecule has 0 aliphatic rings. The van der Waals surface area contributed by atoms with Crippen LogP contribution in [-0.4, -0.2) is 9.78 Å². The fourth-order valence-corrected chi connectivity index (χ4v) is 2.28. The lowest BCUT2D eigenvalue weighted by Gasteiger charge is -2.02. The van der Waals surface area contributed by atoms with E-state index in [0.29, 0.717) is 5.69 Å². The summed E-state index contributed by atoms with van der Waals surface area (Å²) >= 11 is 5.95. The van der Waals surface area contributed by atoms with Crippen LogP contribution in [0.25, 0.3) is 17.1 Å². The highest BCUT2D eigenvalue weighted by Crippen LogP contribution is 2.28. The number of rotatable bonds is 2. The van der Waals surface area contributed by atoms with E-state index >= 15 is 0 Å². The van der Waals surface area contributed by atoms with Gasteiger partial charge in [0.2, 0.25) is 0 Å². The van der Waals surface area contributed by atoms with Crippen LogP contribution in [0, 0.1) is 12.7 Å². The van der Waals surface area contributed by atoms with Crippen LogP contribution in [0.1, 0.15) is 5.56 Å². The van der Waals surface area contributed by atoms with Crippen LogP contribution in [0.3, 0.4) is 0 Å². The van der Waals surface area contributed by atoms with Crippen LogP contribution < -0.4 is 5.76 Å². The minimum Gasteiger partial charge on any atom is -0.387 e. The monoisotopic (exact) mass is 304 g/mol. The largest absolute Gasteiger partial charge is 0.442 e. The Hall–Kier alpha value is -2.40. The van der Waals surface area contributed by atoms with E-state index in [2.05, 4.69) is 5.10 Å². The molecular formula is C15H10ClFN2O2. The molecule has 6 heteroatoms. The van der Waals surface area contributed by atoms with Crippen LogP contribution in [0.4, 0.5) is 4.39 Å². The summed E-state index contributed by atoms with van der Waals surface area (Å²) in [5.74, 6) is -1.44. The molecule has 2 aromatic carbocycles. The smallest absolute Gasteiger partial charge is 0.387 e. The van der Waals surface area contributed by atoms with Crippen LogP contribution in [-0.2, 0) is 0 Å². The summed E-state index contributed by atoms with van der Waals surface area (Å²) in [6.45, 7) is 1.84. The topological polar surface area (TPSA) is 48.0 Å². The molecule has 3 aromatic rings. The van der Waals surface area contributed by atoms with Gasteiger partial charge >= 0.3 is 5.76 Å². The Morgan fingerprint density at radius 3 is 2.67 bits per heavy atom. The van der Waals surface area contributed by atoms with Crippen molar-refractivity contribution in [3.05, 3.63) is 69.4 Å². The maximum atomic E-state index is 13.9. The second-order valence-electron chi connectivity index (χ2n) is 4.47. The van der Waals surface area contributed by atoms with Crippen molar-refractivity contribution in [1.29, 1.82) is 0 Å². The van der Waals surface area contributed by atoms with Gasteiger partial charge in [-0.25, -0.2) is 9.18 Å². The molecule has 21 heavy (non-hydrogen) atoms. The maximum Gasteiger partial charge on any atom is 0.442 e. The Morgan fingerprint density at radius 1 is 1.19 bits per heavy atom. The van der Waals surface area contributed by atoms with Crippen molar-refractivity contribution in [2.45, 2.75) is 6.92 Å². The van der Waals surface area contributed by atoms with Crippen molar-refractivity contribution in [3.8, 4) is 17.1 Å². The lowest BCUT2D eigenvalue weighted by atomic mass is 10.2. The second kappa shape index (κ2) is 5.18. The molecule has 0 saturated heterocycles. The Morgan fingerprint density at radius 2 is 1.95 bits per heavy atom. The zero-order valence-corrected chi connectivity index (χ0v) is 11.8. The highest BCUT2D eigenvalue weighted by atomic mass is 35.5. The predicted octanol–water partition coefficient (Wildman–Crippen LogP) is 3.59. The highest BCUT2D eigenvalue weighted by Gasteiger charge is 2.18. The van der Waals surface area contributed by atoms with Crippen LogP contribution in [0.5, 0.6) is 0 Å². The summed E-state index contributed by atoms with van der Waals surface area (Å²) in [6, 6.07) is 11.4. The highest BCUT2D eigenvalue weighted by molar-refractivity contribution is 6.33. The molecule has 0 atom stereocenters. The standard InChI is InChI=1S/C15H10ClFN2O2/c1-9-5-2-3-8-12(9)19-15(20)21-14(18-19)13-10(16)6-4-7-11(13)17/h2-8H,1H3. The van der Waals surface area contributed by atoms with Gasteiger partial charge in [0, 0.05) is 0 Å². The summed E-state index contributed by atoms with van der Waals surface area (Å²) in [7, 11) is 0. The van der Waals surface area contributed by atoms with Crippen molar-refractivity contribution in [1.82, 2.24) is 9.78 Å². The van der Waals surface area contributed by atoms with E-state index in [1.54, 1.807) is 12.1 Å². The molecule has 0 bridgehead atoms. The van der Waals surface area contributed by atoms with Crippen LogP contribution in [0.2, 0.25) is 5.02 Å². The molecule has 0 amide bonds. The van der Waals surface area contributed by atoms with Crippen LogP contribution in [0.15, 0.2) is 51.7 Å². The fraction of sp³-hybridized carbons (Fsp3) is 0.0667. The van der Waals surface area contributed by atoms with Crippen molar-refractivity contribution in [2.75, 3.05) is 0 Å². The zero-order chi connectivity index (χ0) is 15.0. The molecule has 0 aliphatic carbocycles. The van der Waals surface area contributed by atoms with Gasteiger partial charge in [0.05, 0.1) is 16.3 Å². The third-order valence-corrected chi connectivity index (χ3v) is 3.38. The summed E-state index contributed by atoms with van der Waals surface area (Å²) < 4.78 is 20.0. The lowest BCUT2D eigenvalue weighted by Crippen LogP contribution is -2.14. The van der Waals surface area contributed by atoms with E-state index in [9.17, 15) is 9.18 Å². The number of aromatic nitrogens is 2. The summed E-state index contributed by atoms with van der Waals surface area (Å²) in [5.41, 5.74) is 1.40. The first-order valence-corrected chi connectivity index (χ1v) is 6.56. The van der Waals surface area contributed by atoms with E-state index in [1.165, 1.54) is 18.2 Å². The minimum absolute atomic E-state index is 0.0244. The summed E-state index contributed by atoms with van der Waals surface area (Å²) in [4.78, 5) is 12.0. The van der Waals surface area contributed by atoms with Gasteiger partial charge < -0.3 is 4.42 Å². The second-order valence-corrected chi connectivity index (χ2v) is 4.88. The Bertz CT molecular complexity index is 850. The summed E-state index contributed by atoms with van der Waals surface area (Å²) in [6.07, 6.45) is 0. The van der Waals surface area contributed by atoms with Gasteiger partial charge in [-0.05, 0) is 30.7 Å². The third kappa shape index (κ3) is 2.36. The van der Waals surface area contributed by atoms with Gasteiger partial charge in [0.25, 0.3) is 5.89 Å². The number of hydrogen-bond acceptors (Lipinski definition) is 3. The summed E-state index contributed by atoms with van der Waals surface area (Å²) in [5, 5.41) is 4.18. The first-order valence-electron chi connectivity index (χ1n) is 6.18. The van der Waals surface area contributed by atoms with E-state index in [-0.39, 0.29) is 16.5 Å². The van der Waals surface area contributed by atoms with Crippen molar-refractivity contribution in [3.63, 3.8) is 0 Å². The number of hydrogen-bond donors (Lipinski definition) is 0. The van der Waals surface area contributed by atoms with Gasteiger partial charge in [0.15, 0.2) is 0 Å². The Kier molecular flexibility index (Phi) is 3.35. The fourth-order valence-electron chi connectivity index (χ4n) is 2.03. The van der Waals surface area contributed by atoms with Crippen molar-refractivity contribution in [2.24, 2.45) is 0 Å². The van der Waals surface area contributed by atoms with Crippen molar-refractivity contribution < 1.29 is 8.81 Å². The number of benzene rings is 2. The van der Waals surface area contributed by atoms with E-state index < -0.39 is 11.6 Å². The molecule has 0 saturated carbocycles. The Balaban J connectivity index is 2.20. The normalized spacial score (nSPS) is 10.8. The molecule has 4 nitrogen and oxygen atoms in total. The Labute approximate surface area is 124 Å². The molecule has 106 valence electrons. The molecule has 1 aromatic heterocycles. The quantitative estimate of drug-likeness (QED) is 0.727. The van der Waals surface area contributed by atoms with Gasteiger partial charge in [-0.1, -0.05) is 35.9 Å². The minimum atomic E-state index is -0.696. The SMILES string of the molecule is Cc1ccccc1-n1nc(-c2c(F)cccc2Cl)oc1=O. The van der Waals surface area contributed by atoms with Gasteiger partial charge in [-0.3, -0.25) is 0 Å². The number of halogens is 2. The molecule has 0 radical (unpaired) electrons. The lowest BCUT2D eigenvalue weighted by molar-refractivity contribution is 0.511. The average Bonchev–Trinajstić information content (AvgIpc) is 2.81. The van der Waals surface area contributed by atoms with E-state index in [0.717, 1.165) is 10.2 Å². The van der Waals surface area contributed by atoms with Crippen LogP contribution >= 0.6 is 11.6 Å². The molecule has 3 rings (SSSR count). The first-order chi connectivity index (χ1) is 10.1. The molecule has 0 fully saturated rings. The van der Waals surface area contributed by atoms with Gasteiger partial charge in [-0.2, -0.15) is 4.68 Å². The molecule has 1 heterocycles. The average molecular weight is 305 g/mol. The number of para-hydroxylation sites is 1. The first kappa shape index (κ1) is 13.6. The molecule has 0 unspecified atom stereocenters.